The first-order valence-electron chi connectivity index (χ1n) is 6.48. The van der Waals surface area contributed by atoms with Gasteiger partial charge in [0.25, 0.3) is 0 Å². The number of imidazole rings is 1. The first-order valence-corrected chi connectivity index (χ1v) is 6.48. The summed E-state index contributed by atoms with van der Waals surface area (Å²) < 4.78 is 2.03. The number of para-hydroxylation sites is 1. The standard InChI is InChI=1S/C16H20N2O/c1-11-14(15(19)16(3,4)5)17-12(2)18(11)13-9-7-6-8-10-13/h6-10H,1-5H3. The fraction of sp³-hybridized carbons (Fsp3) is 0.375. The quantitative estimate of drug-likeness (QED) is 0.768. The molecule has 3 heteroatoms. The zero-order valence-electron chi connectivity index (χ0n) is 12.2. The number of hydrogen-bond donors (Lipinski definition) is 0. The lowest BCUT2D eigenvalue weighted by Gasteiger charge is -2.15. The Balaban J connectivity index is 2.56. The maximum Gasteiger partial charge on any atom is 0.188 e. The van der Waals surface area contributed by atoms with E-state index in [2.05, 4.69) is 4.98 Å². The molecule has 0 saturated carbocycles. The zero-order chi connectivity index (χ0) is 14.2. The van der Waals surface area contributed by atoms with Crippen LogP contribution in [0.2, 0.25) is 0 Å². The molecule has 2 aromatic rings. The minimum Gasteiger partial charge on any atom is -0.300 e. The van der Waals surface area contributed by atoms with Crippen molar-refractivity contribution >= 4 is 5.78 Å². The van der Waals surface area contributed by atoms with Gasteiger partial charge in [0.15, 0.2) is 5.78 Å². The lowest BCUT2D eigenvalue weighted by molar-refractivity contribution is 0.0852. The maximum atomic E-state index is 12.4. The van der Waals surface area contributed by atoms with Gasteiger partial charge in [-0.1, -0.05) is 39.0 Å². The van der Waals surface area contributed by atoms with E-state index in [0.717, 1.165) is 17.2 Å². The van der Waals surface area contributed by atoms with Crippen LogP contribution in [0.3, 0.4) is 0 Å². The summed E-state index contributed by atoms with van der Waals surface area (Å²) in [5, 5.41) is 0. The van der Waals surface area contributed by atoms with Crippen LogP contribution >= 0.6 is 0 Å². The summed E-state index contributed by atoms with van der Waals surface area (Å²) in [6.45, 7) is 9.65. The van der Waals surface area contributed by atoms with Crippen LogP contribution in [-0.4, -0.2) is 15.3 Å². The van der Waals surface area contributed by atoms with Crippen LogP contribution in [-0.2, 0) is 0 Å². The van der Waals surface area contributed by atoms with Crippen LogP contribution in [0.15, 0.2) is 30.3 Å². The third-order valence-electron chi connectivity index (χ3n) is 3.19. The number of carbonyl (C=O) groups excluding carboxylic acids is 1. The lowest BCUT2D eigenvalue weighted by Crippen LogP contribution is -2.21. The van der Waals surface area contributed by atoms with Crippen LogP contribution in [0.1, 0.15) is 42.8 Å². The Morgan fingerprint density at radius 2 is 1.68 bits per heavy atom. The summed E-state index contributed by atoms with van der Waals surface area (Å²) >= 11 is 0. The van der Waals surface area contributed by atoms with Gasteiger partial charge in [-0.25, -0.2) is 4.98 Å². The van der Waals surface area contributed by atoms with Gasteiger partial charge in [0.05, 0.1) is 5.69 Å². The SMILES string of the molecule is Cc1nc(C(=O)C(C)(C)C)c(C)n1-c1ccccc1. The number of rotatable bonds is 2. The van der Waals surface area contributed by atoms with E-state index in [4.69, 9.17) is 0 Å². The number of aryl methyl sites for hydroxylation is 1. The molecule has 0 aliphatic rings. The van der Waals surface area contributed by atoms with Gasteiger partial charge in [-0.3, -0.25) is 4.79 Å². The Hall–Kier alpha value is -1.90. The van der Waals surface area contributed by atoms with Gasteiger partial charge in [-0.15, -0.1) is 0 Å². The van der Waals surface area contributed by atoms with Crippen molar-refractivity contribution in [3.8, 4) is 5.69 Å². The van der Waals surface area contributed by atoms with E-state index in [1.807, 2.05) is 69.5 Å². The Morgan fingerprint density at radius 1 is 1.11 bits per heavy atom. The maximum absolute atomic E-state index is 12.4. The molecular weight excluding hydrogens is 236 g/mol. The van der Waals surface area contributed by atoms with Crippen LogP contribution in [0.25, 0.3) is 5.69 Å². The van der Waals surface area contributed by atoms with Crippen LogP contribution in [0, 0.1) is 19.3 Å². The molecule has 0 atom stereocenters. The minimum absolute atomic E-state index is 0.0859. The van der Waals surface area contributed by atoms with Gasteiger partial charge in [0.1, 0.15) is 11.5 Å². The molecule has 0 amide bonds. The second-order valence-corrected chi connectivity index (χ2v) is 5.84. The van der Waals surface area contributed by atoms with E-state index in [0.29, 0.717) is 5.69 Å². The van der Waals surface area contributed by atoms with Crippen LogP contribution < -0.4 is 0 Å². The number of Topliss-reactive ketones (excluding diaryl/α,β-unsaturated/α-hetero) is 1. The average molecular weight is 256 g/mol. The number of carbonyl (C=O) groups is 1. The van der Waals surface area contributed by atoms with Gasteiger partial charge in [0.2, 0.25) is 0 Å². The number of benzene rings is 1. The smallest absolute Gasteiger partial charge is 0.188 e. The summed E-state index contributed by atoms with van der Waals surface area (Å²) in [5.41, 5.74) is 2.11. The second-order valence-electron chi connectivity index (χ2n) is 5.84. The Bertz CT molecular complexity index is 604. The second kappa shape index (κ2) is 4.65. The molecule has 0 aliphatic carbocycles. The van der Waals surface area contributed by atoms with Gasteiger partial charge >= 0.3 is 0 Å². The Kier molecular flexibility index (Phi) is 3.31. The first kappa shape index (κ1) is 13.5. The van der Waals surface area contributed by atoms with E-state index >= 15 is 0 Å². The van der Waals surface area contributed by atoms with Gasteiger partial charge in [-0.2, -0.15) is 0 Å². The van der Waals surface area contributed by atoms with E-state index in [9.17, 15) is 4.79 Å². The number of ketones is 1. The molecule has 3 nitrogen and oxygen atoms in total. The van der Waals surface area contributed by atoms with E-state index < -0.39 is 5.41 Å². The van der Waals surface area contributed by atoms with Gasteiger partial charge < -0.3 is 4.57 Å². The normalized spacial score (nSPS) is 11.6. The predicted molar refractivity (Wildman–Crippen MR) is 76.8 cm³/mol. The summed E-state index contributed by atoms with van der Waals surface area (Å²) in [6, 6.07) is 9.99. The molecule has 0 unspecified atom stereocenters. The van der Waals surface area contributed by atoms with Crippen molar-refractivity contribution < 1.29 is 4.79 Å². The van der Waals surface area contributed by atoms with Crippen molar-refractivity contribution in [1.29, 1.82) is 0 Å². The molecule has 0 spiro atoms. The molecule has 0 aliphatic heterocycles. The predicted octanol–water partition coefficient (Wildman–Crippen LogP) is 3.72. The highest BCUT2D eigenvalue weighted by Gasteiger charge is 2.28. The summed E-state index contributed by atoms with van der Waals surface area (Å²) in [6.07, 6.45) is 0. The summed E-state index contributed by atoms with van der Waals surface area (Å²) in [4.78, 5) is 16.9. The van der Waals surface area contributed by atoms with E-state index in [1.165, 1.54) is 0 Å². The molecule has 19 heavy (non-hydrogen) atoms. The van der Waals surface area contributed by atoms with E-state index in [1.54, 1.807) is 0 Å². The fourth-order valence-corrected chi connectivity index (χ4v) is 2.17. The largest absolute Gasteiger partial charge is 0.300 e. The molecular formula is C16H20N2O. The molecule has 1 aromatic carbocycles. The van der Waals surface area contributed by atoms with Crippen molar-refractivity contribution in [2.75, 3.05) is 0 Å². The topological polar surface area (TPSA) is 34.9 Å². The van der Waals surface area contributed by atoms with Crippen molar-refractivity contribution in [3.05, 3.63) is 47.5 Å². The highest BCUT2D eigenvalue weighted by Crippen LogP contribution is 2.25. The first-order chi connectivity index (χ1) is 8.82. The molecule has 1 heterocycles. The zero-order valence-corrected chi connectivity index (χ0v) is 12.2. The highest BCUT2D eigenvalue weighted by molar-refractivity contribution is 5.99. The molecule has 0 N–H and O–H groups in total. The molecule has 100 valence electrons. The van der Waals surface area contributed by atoms with Crippen molar-refractivity contribution in [1.82, 2.24) is 9.55 Å². The number of hydrogen-bond acceptors (Lipinski definition) is 2. The van der Waals surface area contributed by atoms with Crippen molar-refractivity contribution in [3.63, 3.8) is 0 Å². The minimum atomic E-state index is -0.410. The Morgan fingerprint density at radius 3 is 2.21 bits per heavy atom. The van der Waals surface area contributed by atoms with Gasteiger partial charge in [-0.05, 0) is 26.0 Å². The molecule has 2 rings (SSSR count). The van der Waals surface area contributed by atoms with Crippen LogP contribution in [0.4, 0.5) is 0 Å². The van der Waals surface area contributed by atoms with E-state index in [-0.39, 0.29) is 5.78 Å². The summed E-state index contributed by atoms with van der Waals surface area (Å²) in [5.74, 6) is 0.930. The van der Waals surface area contributed by atoms with Crippen molar-refractivity contribution in [2.45, 2.75) is 34.6 Å². The molecule has 0 bridgehead atoms. The van der Waals surface area contributed by atoms with Crippen LogP contribution in [0.5, 0.6) is 0 Å². The molecule has 0 saturated heterocycles. The monoisotopic (exact) mass is 256 g/mol. The molecule has 0 fully saturated rings. The summed E-state index contributed by atoms with van der Waals surface area (Å²) in [7, 11) is 0. The van der Waals surface area contributed by atoms with Crippen molar-refractivity contribution in [2.24, 2.45) is 5.41 Å². The Labute approximate surface area is 114 Å². The fourth-order valence-electron chi connectivity index (χ4n) is 2.17. The molecule has 0 radical (unpaired) electrons. The average Bonchev–Trinajstić information content (AvgIpc) is 2.64. The number of aromatic nitrogens is 2. The highest BCUT2D eigenvalue weighted by atomic mass is 16.1. The molecule has 1 aromatic heterocycles. The third-order valence-corrected chi connectivity index (χ3v) is 3.19. The third kappa shape index (κ3) is 2.46. The van der Waals surface area contributed by atoms with Gasteiger partial charge in [0, 0.05) is 11.1 Å². The lowest BCUT2D eigenvalue weighted by atomic mass is 9.88. The number of nitrogens with zero attached hydrogens (tertiary/aromatic N) is 2.